The second-order valence-corrected chi connectivity index (χ2v) is 8.87. The van der Waals surface area contributed by atoms with Gasteiger partial charge in [-0.1, -0.05) is 26.7 Å². The van der Waals surface area contributed by atoms with Crippen LogP contribution in [0, 0.1) is 11.8 Å². The third-order valence-corrected chi connectivity index (χ3v) is 6.95. The molecular formula is C18H28N4O3S. The molecule has 3 atom stereocenters. The fourth-order valence-corrected chi connectivity index (χ4v) is 4.75. The van der Waals surface area contributed by atoms with Gasteiger partial charge < -0.3 is 10.1 Å². The van der Waals surface area contributed by atoms with Crippen molar-refractivity contribution in [2.45, 2.75) is 44.0 Å². The molecule has 2 aliphatic rings. The van der Waals surface area contributed by atoms with Crippen LogP contribution in [0.5, 0.6) is 5.75 Å². The Morgan fingerprint density at radius 1 is 1.23 bits per heavy atom. The summed E-state index contributed by atoms with van der Waals surface area (Å²) in [5.74, 6) is 2.25. The van der Waals surface area contributed by atoms with E-state index in [4.69, 9.17) is 4.74 Å². The first kappa shape index (κ1) is 19.0. The first-order valence-corrected chi connectivity index (χ1v) is 10.6. The van der Waals surface area contributed by atoms with Crippen molar-refractivity contribution >= 4 is 16.0 Å². The van der Waals surface area contributed by atoms with Gasteiger partial charge in [0.2, 0.25) is 5.96 Å². The lowest BCUT2D eigenvalue weighted by molar-refractivity contribution is 0.0768. The highest BCUT2D eigenvalue weighted by molar-refractivity contribution is 7.90. The summed E-state index contributed by atoms with van der Waals surface area (Å²) in [6, 6.07) is 6.77. The van der Waals surface area contributed by atoms with Crippen molar-refractivity contribution in [3.8, 4) is 5.75 Å². The van der Waals surface area contributed by atoms with Gasteiger partial charge in [-0.3, -0.25) is 4.90 Å². The molecule has 1 saturated carbocycles. The first-order chi connectivity index (χ1) is 12.4. The zero-order valence-electron chi connectivity index (χ0n) is 15.6. The highest BCUT2D eigenvalue weighted by Gasteiger charge is 2.32. The number of rotatable bonds is 4. The standard InChI is InChI=1S/C18H28N4O3S/c1-13-5-4-6-17(14(13)2)22-11-19-18(20-12-22)21-26(23,24)16-9-7-15(25-3)8-10-16/h7-10,13-14,17H,4-6,11-12H2,1-3H3,(H2,19,20,21). The van der Waals surface area contributed by atoms with Gasteiger partial charge in [0.1, 0.15) is 5.75 Å². The number of aliphatic imine (C=N–C) groups is 1. The van der Waals surface area contributed by atoms with E-state index in [1.807, 2.05) is 0 Å². The maximum absolute atomic E-state index is 12.5. The van der Waals surface area contributed by atoms with Crippen LogP contribution < -0.4 is 14.8 Å². The Morgan fingerprint density at radius 2 is 1.96 bits per heavy atom. The summed E-state index contributed by atoms with van der Waals surface area (Å²) in [7, 11) is -2.12. The van der Waals surface area contributed by atoms with Crippen LogP contribution in [0.1, 0.15) is 33.1 Å². The van der Waals surface area contributed by atoms with E-state index in [1.54, 1.807) is 19.2 Å². The number of benzene rings is 1. The molecule has 0 saturated heterocycles. The number of sulfonamides is 1. The van der Waals surface area contributed by atoms with E-state index < -0.39 is 10.0 Å². The van der Waals surface area contributed by atoms with Crippen LogP contribution in [-0.4, -0.2) is 45.8 Å². The van der Waals surface area contributed by atoms with E-state index in [0.717, 1.165) is 0 Å². The second kappa shape index (κ2) is 7.84. The Bertz CT molecular complexity index is 748. The van der Waals surface area contributed by atoms with Crippen molar-refractivity contribution in [2.75, 3.05) is 20.4 Å². The van der Waals surface area contributed by atoms with Crippen molar-refractivity contribution in [2.24, 2.45) is 16.8 Å². The van der Waals surface area contributed by atoms with E-state index >= 15 is 0 Å². The van der Waals surface area contributed by atoms with Crippen LogP contribution in [0.3, 0.4) is 0 Å². The fraction of sp³-hybridized carbons (Fsp3) is 0.611. The summed E-state index contributed by atoms with van der Waals surface area (Å²) in [5.41, 5.74) is 0. The van der Waals surface area contributed by atoms with Crippen molar-refractivity contribution in [3.05, 3.63) is 24.3 Å². The summed E-state index contributed by atoms with van der Waals surface area (Å²) in [6.07, 6.45) is 3.71. The average Bonchev–Trinajstić information content (AvgIpc) is 2.64. The third kappa shape index (κ3) is 4.12. The molecule has 1 aromatic carbocycles. The predicted molar refractivity (Wildman–Crippen MR) is 101 cm³/mol. The number of nitrogens with zero attached hydrogens (tertiary/aromatic N) is 2. The molecule has 1 heterocycles. The summed E-state index contributed by atoms with van der Waals surface area (Å²) in [4.78, 5) is 6.88. The Balaban J connectivity index is 1.63. The van der Waals surface area contributed by atoms with E-state index in [1.165, 1.54) is 31.4 Å². The highest BCUT2D eigenvalue weighted by atomic mass is 32.2. The number of nitrogens with one attached hydrogen (secondary N) is 2. The van der Waals surface area contributed by atoms with Gasteiger partial charge >= 0.3 is 0 Å². The van der Waals surface area contributed by atoms with Gasteiger partial charge in [0, 0.05) is 6.04 Å². The molecule has 1 aromatic rings. The molecule has 1 aliphatic heterocycles. The lowest BCUT2D eigenvalue weighted by Gasteiger charge is -2.42. The van der Waals surface area contributed by atoms with E-state index in [0.29, 0.717) is 42.9 Å². The second-order valence-electron chi connectivity index (χ2n) is 7.19. The zero-order chi connectivity index (χ0) is 18.7. The zero-order valence-corrected chi connectivity index (χ0v) is 16.4. The van der Waals surface area contributed by atoms with E-state index in [-0.39, 0.29) is 4.90 Å². The van der Waals surface area contributed by atoms with Crippen molar-refractivity contribution in [1.82, 2.24) is 14.9 Å². The largest absolute Gasteiger partial charge is 0.497 e. The van der Waals surface area contributed by atoms with Crippen LogP contribution in [0.4, 0.5) is 0 Å². The molecule has 2 N–H and O–H groups in total. The minimum atomic E-state index is -3.66. The van der Waals surface area contributed by atoms with Crippen LogP contribution >= 0.6 is 0 Å². The molecule has 0 amide bonds. The molecule has 26 heavy (non-hydrogen) atoms. The summed E-state index contributed by atoms with van der Waals surface area (Å²) in [5, 5.41) is 3.11. The predicted octanol–water partition coefficient (Wildman–Crippen LogP) is 1.97. The van der Waals surface area contributed by atoms with Crippen molar-refractivity contribution in [3.63, 3.8) is 0 Å². The van der Waals surface area contributed by atoms with E-state index in [2.05, 4.69) is 33.8 Å². The lowest BCUT2D eigenvalue weighted by Crippen LogP contribution is -2.55. The van der Waals surface area contributed by atoms with Crippen LogP contribution in [0.15, 0.2) is 34.2 Å². The van der Waals surface area contributed by atoms with Gasteiger partial charge in [-0.05, 0) is 42.5 Å². The maximum Gasteiger partial charge on any atom is 0.264 e. The van der Waals surface area contributed by atoms with Gasteiger partial charge in [-0.25, -0.2) is 18.1 Å². The fourth-order valence-electron chi connectivity index (χ4n) is 3.74. The Hall–Kier alpha value is -1.80. The number of ether oxygens (including phenoxy) is 1. The van der Waals surface area contributed by atoms with Crippen molar-refractivity contribution in [1.29, 1.82) is 0 Å². The first-order valence-electron chi connectivity index (χ1n) is 9.10. The highest BCUT2D eigenvalue weighted by Crippen LogP contribution is 2.32. The quantitative estimate of drug-likeness (QED) is 0.835. The van der Waals surface area contributed by atoms with E-state index in [9.17, 15) is 8.42 Å². The van der Waals surface area contributed by atoms with Crippen molar-refractivity contribution < 1.29 is 13.2 Å². The number of guanidine groups is 1. The van der Waals surface area contributed by atoms with Crippen LogP contribution in [-0.2, 0) is 10.0 Å². The Kier molecular flexibility index (Phi) is 5.72. The summed E-state index contributed by atoms with van der Waals surface area (Å²) in [6.45, 7) is 5.73. The molecule has 0 spiro atoms. The Labute approximate surface area is 155 Å². The molecule has 0 aromatic heterocycles. The number of methoxy groups -OCH3 is 1. The molecule has 7 nitrogen and oxygen atoms in total. The molecule has 3 unspecified atom stereocenters. The monoisotopic (exact) mass is 380 g/mol. The molecular weight excluding hydrogens is 352 g/mol. The Morgan fingerprint density at radius 3 is 2.58 bits per heavy atom. The van der Waals surface area contributed by atoms with Gasteiger partial charge in [0.25, 0.3) is 10.0 Å². The van der Waals surface area contributed by atoms with Gasteiger partial charge in [-0.2, -0.15) is 0 Å². The summed E-state index contributed by atoms with van der Waals surface area (Å²) < 4.78 is 32.6. The van der Waals surface area contributed by atoms with Gasteiger partial charge in [0.05, 0.1) is 25.3 Å². The lowest BCUT2D eigenvalue weighted by atomic mass is 9.77. The minimum absolute atomic E-state index is 0.181. The van der Waals surface area contributed by atoms with Gasteiger partial charge in [0.15, 0.2) is 0 Å². The smallest absolute Gasteiger partial charge is 0.264 e. The molecule has 1 fully saturated rings. The van der Waals surface area contributed by atoms with Crippen LogP contribution in [0.2, 0.25) is 0 Å². The third-order valence-electron chi connectivity index (χ3n) is 5.59. The minimum Gasteiger partial charge on any atom is -0.497 e. The molecule has 0 bridgehead atoms. The molecule has 144 valence electrons. The van der Waals surface area contributed by atoms with Gasteiger partial charge in [-0.15, -0.1) is 0 Å². The molecule has 1 aliphatic carbocycles. The number of hydrogen-bond acceptors (Lipinski definition) is 6. The topological polar surface area (TPSA) is 83.0 Å². The summed E-state index contributed by atoms with van der Waals surface area (Å²) >= 11 is 0. The molecule has 0 radical (unpaired) electrons. The average molecular weight is 381 g/mol. The molecule has 3 rings (SSSR count). The molecule has 8 heteroatoms. The maximum atomic E-state index is 12.5. The normalized spacial score (nSPS) is 27.3. The SMILES string of the molecule is COc1ccc(S(=O)(=O)NC2=NCN(C3CCCC(C)C3C)CN2)cc1. The van der Waals surface area contributed by atoms with Crippen LogP contribution in [0.25, 0.3) is 0 Å². The number of hydrogen-bond donors (Lipinski definition) is 2.